The Morgan fingerprint density at radius 3 is 2.83 bits per heavy atom. The Morgan fingerprint density at radius 1 is 1.33 bits per heavy atom. The molecule has 1 saturated carbocycles. The van der Waals surface area contributed by atoms with Gasteiger partial charge in [-0.25, -0.2) is 0 Å². The number of hydrogen-bond acceptors (Lipinski definition) is 2. The highest BCUT2D eigenvalue weighted by atomic mass is 16.5. The van der Waals surface area contributed by atoms with Gasteiger partial charge in [-0.05, 0) is 32.2 Å². The fourth-order valence-corrected chi connectivity index (χ4v) is 2.04. The van der Waals surface area contributed by atoms with Gasteiger partial charge in [-0.15, -0.1) is 0 Å². The van der Waals surface area contributed by atoms with E-state index in [9.17, 15) is 0 Å². The summed E-state index contributed by atoms with van der Waals surface area (Å²) in [6.07, 6.45) is 4.05. The highest BCUT2D eigenvalue weighted by Gasteiger charge is 2.25. The van der Waals surface area contributed by atoms with Crippen LogP contribution in [0.1, 0.15) is 33.1 Å². The molecule has 0 spiro atoms. The van der Waals surface area contributed by atoms with E-state index in [-0.39, 0.29) is 0 Å². The van der Waals surface area contributed by atoms with Crippen molar-refractivity contribution in [3.05, 3.63) is 0 Å². The Morgan fingerprint density at radius 2 is 2.17 bits per heavy atom. The van der Waals surface area contributed by atoms with Crippen molar-refractivity contribution < 1.29 is 4.74 Å². The maximum Gasteiger partial charge on any atom is 0.0509 e. The summed E-state index contributed by atoms with van der Waals surface area (Å²) in [7, 11) is 0. The summed E-state index contributed by atoms with van der Waals surface area (Å²) in [4.78, 5) is 0. The van der Waals surface area contributed by atoms with Gasteiger partial charge in [0.1, 0.15) is 0 Å². The van der Waals surface area contributed by atoms with Crippen LogP contribution in [-0.2, 0) is 4.74 Å². The lowest BCUT2D eigenvalue weighted by molar-refractivity contribution is 0.102. The molecule has 12 heavy (non-hydrogen) atoms. The fraction of sp³-hybridized carbons (Fsp3) is 1.00. The van der Waals surface area contributed by atoms with Crippen molar-refractivity contribution in [2.75, 3.05) is 19.8 Å². The molecule has 1 aliphatic rings. The van der Waals surface area contributed by atoms with Gasteiger partial charge in [0.15, 0.2) is 0 Å². The highest BCUT2D eigenvalue weighted by Crippen LogP contribution is 2.25. The second-order valence-electron chi connectivity index (χ2n) is 3.51. The summed E-state index contributed by atoms with van der Waals surface area (Å²) in [5.41, 5.74) is 0. The maximum absolute atomic E-state index is 5.45. The molecule has 2 nitrogen and oxygen atoms in total. The molecule has 2 unspecified atom stereocenters. The molecule has 0 aromatic heterocycles. The highest BCUT2D eigenvalue weighted by molar-refractivity contribution is 4.82. The zero-order valence-electron chi connectivity index (χ0n) is 8.31. The largest absolute Gasteiger partial charge is 0.381 e. The molecule has 0 aromatic carbocycles. The first kappa shape index (κ1) is 10.0. The first-order chi connectivity index (χ1) is 5.88. The minimum absolute atomic E-state index is 0.724. The quantitative estimate of drug-likeness (QED) is 0.681. The molecule has 0 aromatic rings. The van der Waals surface area contributed by atoms with Gasteiger partial charge in [-0.1, -0.05) is 13.3 Å². The van der Waals surface area contributed by atoms with Crippen molar-refractivity contribution in [3.8, 4) is 0 Å². The summed E-state index contributed by atoms with van der Waals surface area (Å²) in [6, 6.07) is 0.724. The zero-order valence-corrected chi connectivity index (χ0v) is 8.31. The average Bonchev–Trinajstić information content (AvgIpc) is 2.50. The SMILES string of the molecule is CCNC1CCCC1COCC. The van der Waals surface area contributed by atoms with Crippen LogP contribution in [-0.4, -0.2) is 25.8 Å². The van der Waals surface area contributed by atoms with Crippen molar-refractivity contribution in [2.24, 2.45) is 5.92 Å². The van der Waals surface area contributed by atoms with Crippen LogP contribution in [0, 0.1) is 5.92 Å². The van der Waals surface area contributed by atoms with Gasteiger partial charge in [0.25, 0.3) is 0 Å². The first-order valence-corrected chi connectivity index (χ1v) is 5.19. The minimum atomic E-state index is 0.724. The van der Waals surface area contributed by atoms with E-state index in [1.807, 2.05) is 0 Å². The molecule has 1 fully saturated rings. The van der Waals surface area contributed by atoms with E-state index in [0.717, 1.165) is 31.7 Å². The van der Waals surface area contributed by atoms with Crippen LogP contribution in [0.2, 0.25) is 0 Å². The van der Waals surface area contributed by atoms with Crippen LogP contribution in [0.15, 0.2) is 0 Å². The third-order valence-corrected chi connectivity index (χ3v) is 2.66. The molecule has 0 saturated heterocycles. The van der Waals surface area contributed by atoms with E-state index < -0.39 is 0 Å². The van der Waals surface area contributed by atoms with E-state index in [4.69, 9.17) is 4.74 Å². The van der Waals surface area contributed by atoms with Crippen molar-refractivity contribution >= 4 is 0 Å². The molecule has 1 aliphatic carbocycles. The Kier molecular flexibility index (Phi) is 4.62. The number of hydrogen-bond donors (Lipinski definition) is 1. The van der Waals surface area contributed by atoms with Gasteiger partial charge in [0, 0.05) is 12.6 Å². The Balaban J connectivity index is 2.20. The van der Waals surface area contributed by atoms with Gasteiger partial charge in [0.2, 0.25) is 0 Å². The van der Waals surface area contributed by atoms with Crippen molar-refractivity contribution in [3.63, 3.8) is 0 Å². The van der Waals surface area contributed by atoms with Crippen LogP contribution in [0.5, 0.6) is 0 Å². The van der Waals surface area contributed by atoms with Crippen LogP contribution in [0.25, 0.3) is 0 Å². The molecule has 0 bridgehead atoms. The zero-order chi connectivity index (χ0) is 8.81. The van der Waals surface area contributed by atoms with Crippen molar-refractivity contribution in [1.29, 1.82) is 0 Å². The second-order valence-corrected chi connectivity index (χ2v) is 3.51. The van der Waals surface area contributed by atoms with Crippen LogP contribution >= 0.6 is 0 Å². The maximum atomic E-state index is 5.45. The minimum Gasteiger partial charge on any atom is -0.381 e. The molecule has 1 rings (SSSR count). The van der Waals surface area contributed by atoms with Gasteiger partial charge < -0.3 is 10.1 Å². The van der Waals surface area contributed by atoms with Gasteiger partial charge in [0.05, 0.1) is 6.61 Å². The van der Waals surface area contributed by atoms with Gasteiger partial charge in [-0.2, -0.15) is 0 Å². The Labute approximate surface area is 75.7 Å². The third-order valence-electron chi connectivity index (χ3n) is 2.66. The topological polar surface area (TPSA) is 21.3 Å². The molecule has 0 radical (unpaired) electrons. The van der Waals surface area contributed by atoms with Crippen LogP contribution < -0.4 is 5.32 Å². The van der Waals surface area contributed by atoms with Crippen molar-refractivity contribution in [2.45, 2.75) is 39.2 Å². The summed E-state index contributed by atoms with van der Waals surface area (Å²) >= 11 is 0. The number of rotatable bonds is 5. The lowest BCUT2D eigenvalue weighted by Crippen LogP contribution is -2.34. The third kappa shape index (κ3) is 2.76. The smallest absolute Gasteiger partial charge is 0.0509 e. The first-order valence-electron chi connectivity index (χ1n) is 5.19. The number of ether oxygens (including phenoxy) is 1. The summed E-state index contributed by atoms with van der Waals surface area (Å²) < 4.78 is 5.45. The molecular formula is C10H21NO. The molecule has 0 heterocycles. The van der Waals surface area contributed by atoms with E-state index in [1.165, 1.54) is 19.3 Å². The molecule has 2 atom stereocenters. The fourth-order valence-electron chi connectivity index (χ4n) is 2.04. The van der Waals surface area contributed by atoms with E-state index >= 15 is 0 Å². The summed E-state index contributed by atoms with van der Waals surface area (Å²) in [5.74, 6) is 0.768. The predicted octanol–water partition coefficient (Wildman–Crippen LogP) is 1.80. The van der Waals surface area contributed by atoms with Crippen molar-refractivity contribution in [1.82, 2.24) is 5.32 Å². The number of nitrogens with one attached hydrogen (secondary N) is 1. The Hall–Kier alpha value is -0.0800. The summed E-state index contributed by atoms with van der Waals surface area (Å²) in [5, 5.41) is 3.52. The molecule has 0 amide bonds. The summed E-state index contributed by atoms with van der Waals surface area (Å²) in [6.45, 7) is 7.14. The lowest BCUT2D eigenvalue weighted by atomic mass is 10.1. The monoisotopic (exact) mass is 171 g/mol. The molecule has 0 aliphatic heterocycles. The average molecular weight is 171 g/mol. The second kappa shape index (κ2) is 5.55. The van der Waals surface area contributed by atoms with E-state index in [1.54, 1.807) is 0 Å². The van der Waals surface area contributed by atoms with E-state index in [2.05, 4.69) is 19.2 Å². The predicted molar refractivity (Wildman–Crippen MR) is 51.3 cm³/mol. The molecule has 72 valence electrons. The molecular weight excluding hydrogens is 150 g/mol. The lowest BCUT2D eigenvalue weighted by Gasteiger charge is -2.19. The normalized spacial score (nSPS) is 29.5. The molecule has 1 N–H and O–H groups in total. The Bertz CT molecular complexity index is 116. The van der Waals surface area contributed by atoms with Gasteiger partial charge in [-0.3, -0.25) is 0 Å². The van der Waals surface area contributed by atoms with E-state index in [0.29, 0.717) is 0 Å². The van der Waals surface area contributed by atoms with Crippen LogP contribution in [0.3, 0.4) is 0 Å². The van der Waals surface area contributed by atoms with Crippen LogP contribution in [0.4, 0.5) is 0 Å². The standard InChI is InChI=1S/C10H21NO/c1-3-11-10-7-5-6-9(10)8-12-4-2/h9-11H,3-8H2,1-2H3. The van der Waals surface area contributed by atoms with Gasteiger partial charge >= 0.3 is 0 Å². The molecule has 2 heteroatoms.